The van der Waals surface area contributed by atoms with Crippen LogP contribution in [0.25, 0.3) is 0 Å². The fourth-order valence-corrected chi connectivity index (χ4v) is 2.58. The monoisotopic (exact) mass is 342 g/mol. The molecule has 0 unspecified atom stereocenters. The van der Waals surface area contributed by atoms with Crippen molar-refractivity contribution in [1.82, 2.24) is 9.78 Å². The standard InChI is InChI=1S/C14H16BrClN2O/c1-8-5-11(6-9(2)13(8)15)19-14-12(7-16)10(3)17-18(14)4/h5-6H,7H2,1-4H3. The predicted octanol–water partition coefficient (Wildman–Crippen LogP) is 4.64. The van der Waals surface area contributed by atoms with E-state index in [1.165, 1.54) is 0 Å². The molecule has 19 heavy (non-hydrogen) atoms. The number of benzene rings is 1. The van der Waals surface area contributed by atoms with Crippen LogP contribution < -0.4 is 4.74 Å². The van der Waals surface area contributed by atoms with Crippen molar-refractivity contribution in [3.05, 3.63) is 39.0 Å². The molecule has 0 aliphatic carbocycles. The van der Waals surface area contributed by atoms with Gasteiger partial charge in [0.25, 0.3) is 0 Å². The lowest BCUT2D eigenvalue weighted by Gasteiger charge is -2.11. The number of aromatic nitrogens is 2. The summed E-state index contributed by atoms with van der Waals surface area (Å²) in [6, 6.07) is 3.99. The summed E-state index contributed by atoms with van der Waals surface area (Å²) in [5.41, 5.74) is 4.11. The zero-order chi connectivity index (χ0) is 14.2. The van der Waals surface area contributed by atoms with Crippen LogP contribution >= 0.6 is 27.5 Å². The molecule has 0 spiro atoms. The lowest BCUT2D eigenvalue weighted by atomic mass is 10.1. The molecule has 0 aliphatic heterocycles. The van der Waals surface area contributed by atoms with Crippen LogP contribution in [0.4, 0.5) is 0 Å². The van der Waals surface area contributed by atoms with Crippen molar-refractivity contribution in [2.75, 3.05) is 0 Å². The zero-order valence-electron chi connectivity index (χ0n) is 11.4. The minimum atomic E-state index is 0.392. The van der Waals surface area contributed by atoms with Crippen LogP contribution in [-0.4, -0.2) is 9.78 Å². The van der Waals surface area contributed by atoms with Crippen molar-refractivity contribution in [2.45, 2.75) is 26.7 Å². The van der Waals surface area contributed by atoms with Gasteiger partial charge in [-0.3, -0.25) is 0 Å². The molecule has 0 fully saturated rings. The van der Waals surface area contributed by atoms with E-state index in [0.29, 0.717) is 11.8 Å². The van der Waals surface area contributed by atoms with Gasteiger partial charge in [-0.05, 0) is 44.0 Å². The quantitative estimate of drug-likeness (QED) is 0.759. The Bertz CT molecular complexity index is 599. The van der Waals surface area contributed by atoms with Crippen LogP contribution in [0.5, 0.6) is 11.6 Å². The molecule has 1 aromatic carbocycles. The van der Waals surface area contributed by atoms with Gasteiger partial charge in [0.05, 0.1) is 17.1 Å². The van der Waals surface area contributed by atoms with Gasteiger partial charge in [0, 0.05) is 11.5 Å². The van der Waals surface area contributed by atoms with Crippen LogP contribution in [-0.2, 0) is 12.9 Å². The Hall–Kier alpha value is -1.00. The van der Waals surface area contributed by atoms with E-state index >= 15 is 0 Å². The fourth-order valence-electron chi connectivity index (χ4n) is 2.04. The molecule has 3 nitrogen and oxygen atoms in total. The number of halogens is 2. The van der Waals surface area contributed by atoms with Crippen molar-refractivity contribution < 1.29 is 4.74 Å². The summed E-state index contributed by atoms with van der Waals surface area (Å²) in [4.78, 5) is 0. The topological polar surface area (TPSA) is 27.1 Å². The van der Waals surface area contributed by atoms with Crippen molar-refractivity contribution in [3.63, 3.8) is 0 Å². The second-order valence-electron chi connectivity index (χ2n) is 4.60. The summed E-state index contributed by atoms with van der Waals surface area (Å²) in [7, 11) is 1.86. The van der Waals surface area contributed by atoms with Crippen molar-refractivity contribution >= 4 is 27.5 Å². The number of nitrogens with zero attached hydrogens (tertiary/aromatic N) is 2. The van der Waals surface area contributed by atoms with Gasteiger partial charge in [-0.25, -0.2) is 4.68 Å². The van der Waals surface area contributed by atoms with E-state index in [4.69, 9.17) is 16.3 Å². The highest BCUT2D eigenvalue weighted by molar-refractivity contribution is 9.10. The van der Waals surface area contributed by atoms with Crippen molar-refractivity contribution in [1.29, 1.82) is 0 Å². The summed E-state index contributed by atoms with van der Waals surface area (Å²) in [6.07, 6.45) is 0. The molecule has 2 rings (SSSR count). The molecule has 1 heterocycles. The van der Waals surface area contributed by atoms with E-state index in [1.54, 1.807) is 4.68 Å². The second kappa shape index (κ2) is 5.55. The third-order valence-corrected chi connectivity index (χ3v) is 4.57. The van der Waals surface area contributed by atoms with Crippen LogP contribution in [0.15, 0.2) is 16.6 Å². The lowest BCUT2D eigenvalue weighted by Crippen LogP contribution is -1.97. The first-order chi connectivity index (χ1) is 8.93. The molecule has 0 radical (unpaired) electrons. The van der Waals surface area contributed by atoms with Crippen LogP contribution in [0.1, 0.15) is 22.4 Å². The second-order valence-corrected chi connectivity index (χ2v) is 5.66. The maximum absolute atomic E-state index is 5.96. The maximum atomic E-state index is 5.96. The third-order valence-electron chi connectivity index (χ3n) is 3.05. The predicted molar refractivity (Wildman–Crippen MR) is 81.2 cm³/mol. The average Bonchev–Trinajstić information content (AvgIpc) is 2.60. The van der Waals surface area contributed by atoms with Crippen LogP contribution in [0.3, 0.4) is 0 Å². The Morgan fingerprint density at radius 2 is 1.84 bits per heavy atom. The Morgan fingerprint density at radius 3 is 2.37 bits per heavy atom. The number of aryl methyl sites for hydroxylation is 4. The normalized spacial score (nSPS) is 10.8. The molecular formula is C14H16BrClN2O. The Balaban J connectivity index is 2.42. The van der Waals surface area contributed by atoms with Crippen molar-refractivity contribution in [2.24, 2.45) is 7.05 Å². The molecule has 0 atom stereocenters. The summed E-state index contributed by atoms with van der Waals surface area (Å²) in [5, 5.41) is 4.34. The molecule has 5 heteroatoms. The van der Waals surface area contributed by atoms with Crippen LogP contribution in [0, 0.1) is 20.8 Å². The molecule has 0 saturated heterocycles. The van der Waals surface area contributed by atoms with Gasteiger partial charge in [-0.15, -0.1) is 11.6 Å². The summed E-state index contributed by atoms with van der Waals surface area (Å²) < 4.78 is 8.80. The van der Waals surface area contributed by atoms with E-state index in [0.717, 1.165) is 32.6 Å². The smallest absolute Gasteiger partial charge is 0.222 e. The average molecular weight is 344 g/mol. The molecule has 0 aliphatic rings. The molecule has 0 N–H and O–H groups in total. The third kappa shape index (κ3) is 2.79. The van der Waals surface area contributed by atoms with Crippen molar-refractivity contribution in [3.8, 4) is 11.6 Å². The number of ether oxygens (including phenoxy) is 1. The SMILES string of the molecule is Cc1cc(Oc2c(CCl)c(C)nn2C)cc(C)c1Br. The van der Waals surface area contributed by atoms with E-state index in [1.807, 2.05) is 40.0 Å². The molecular weight excluding hydrogens is 328 g/mol. The number of rotatable bonds is 3. The lowest BCUT2D eigenvalue weighted by molar-refractivity contribution is 0.426. The minimum Gasteiger partial charge on any atom is -0.439 e. The van der Waals surface area contributed by atoms with E-state index in [9.17, 15) is 0 Å². The Kier molecular flexibility index (Phi) is 4.21. The van der Waals surface area contributed by atoms with Gasteiger partial charge >= 0.3 is 0 Å². The highest BCUT2D eigenvalue weighted by Gasteiger charge is 2.15. The summed E-state index contributed by atoms with van der Waals surface area (Å²) in [6.45, 7) is 6.02. The molecule has 0 bridgehead atoms. The number of hydrogen-bond donors (Lipinski definition) is 0. The Labute approximate surface area is 126 Å². The molecule has 0 amide bonds. The van der Waals surface area contributed by atoms with Crippen LogP contribution in [0.2, 0.25) is 0 Å². The van der Waals surface area contributed by atoms with E-state index in [-0.39, 0.29) is 0 Å². The minimum absolute atomic E-state index is 0.392. The highest BCUT2D eigenvalue weighted by Crippen LogP contribution is 2.32. The first-order valence-corrected chi connectivity index (χ1v) is 7.29. The van der Waals surface area contributed by atoms with Gasteiger partial charge in [0.1, 0.15) is 5.75 Å². The van der Waals surface area contributed by atoms with E-state index in [2.05, 4.69) is 21.0 Å². The molecule has 0 saturated carbocycles. The fraction of sp³-hybridized carbons (Fsp3) is 0.357. The van der Waals surface area contributed by atoms with Gasteiger partial charge in [-0.2, -0.15) is 5.10 Å². The van der Waals surface area contributed by atoms with Gasteiger partial charge in [0.2, 0.25) is 5.88 Å². The zero-order valence-corrected chi connectivity index (χ0v) is 13.8. The first-order valence-electron chi connectivity index (χ1n) is 5.97. The number of hydrogen-bond acceptors (Lipinski definition) is 2. The molecule has 2 aromatic rings. The van der Waals surface area contributed by atoms with E-state index < -0.39 is 0 Å². The molecule has 1 aromatic heterocycles. The summed E-state index contributed by atoms with van der Waals surface area (Å²) in [5.74, 6) is 1.89. The van der Waals surface area contributed by atoms with Gasteiger partial charge < -0.3 is 4.74 Å². The van der Waals surface area contributed by atoms with Gasteiger partial charge in [0.15, 0.2) is 0 Å². The largest absolute Gasteiger partial charge is 0.439 e. The number of alkyl halides is 1. The van der Waals surface area contributed by atoms with Gasteiger partial charge in [-0.1, -0.05) is 15.9 Å². The highest BCUT2D eigenvalue weighted by atomic mass is 79.9. The maximum Gasteiger partial charge on any atom is 0.222 e. The first kappa shape index (κ1) is 14.4. The molecule has 102 valence electrons. The summed E-state index contributed by atoms with van der Waals surface area (Å²) >= 11 is 9.52. The Morgan fingerprint density at radius 1 is 1.26 bits per heavy atom.